The van der Waals surface area contributed by atoms with Crippen LogP contribution in [0.1, 0.15) is 10.4 Å². The Bertz CT molecular complexity index is 840. The molecule has 1 amide bonds. The van der Waals surface area contributed by atoms with Crippen molar-refractivity contribution < 1.29 is 50.7 Å². The monoisotopic (exact) mass is 556 g/mol. The van der Waals surface area contributed by atoms with Crippen LogP contribution in [0.2, 0.25) is 0 Å². The minimum absolute atomic E-state index is 0. The molecule has 0 aromatic heterocycles. The van der Waals surface area contributed by atoms with Crippen LogP contribution >= 0.6 is 0 Å². The zero-order chi connectivity index (χ0) is 25.1. The first kappa shape index (κ1) is 32.2. The van der Waals surface area contributed by atoms with E-state index in [0.29, 0.717) is 92.2 Å². The number of hydrogen-bond donors (Lipinski definition) is 3. The van der Waals surface area contributed by atoms with Gasteiger partial charge in [-0.2, -0.15) is 0 Å². The third-order valence-electron chi connectivity index (χ3n) is 5.05. The maximum atomic E-state index is 13.2. The maximum Gasteiger partial charge on any atom is 1.00 e. The van der Waals surface area contributed by atoms with Crippen molar-refractivity contribution in [1.82, 2.24) is 4.90 Å². The number of carbonyl (C=O) groups excluding carboxylic acids is 1. The van der Waals surface area contributed by atoms with Gasteiger partial charge in [0.2, 0.25) is 0 Å². The number of ether oxygens (including phenoxy) is 5. The Balaban J connectivity index is 0.00000120. The number of aromatic hydroxyl groups is 1. The quantitative estimate of drug-likeness (QED) is 0.462. The number of nitrogens with zero attached hydrogens (tertiary/aromatic N) is 1. The second-order valence-corrected chi connectivity index (χ2v) is 7.65. The number of phenols is 1. The van der Waals surface area contributed by atoms with Crippen molar-refractivity contribution in [3.05, 3.63) is 42.0 Å². The molecule has 10 nitrogen and oxygen atoms in total. The van der Waals surface area contributed by atoms with Crippen molar-refractivity contribution in [2.75, 3.05) is 92.2 Å². The fourth-order valence-corrected chi connectivity index (χ4v) is 3.22. The normalized spacial score (nSPS) is 17.1. The van der Waals surface area contributed by atoms with E-state index in [-0.39, 0.29) is 34.3 Å². The predicted molar refractivity (Wildman–Crippen MR) is 134 cm³/mol. The summed E-state index contributed by atoms with van der Waals surface area (Å²) < 4.78 is 27.5. The second-order valence-electron chi connectivity index (χ2n) is 7.65. The van der Waals surface area contributed by atoms with Gasteiger partial charge in [-0.1, -0.05) is 24.3 Å². The minimum atomic E-state index is -0.255. The Morgan fingerprint density at radius 2 is 1.11 bits per heavy atom. The molecule has 0 radical (unpaired) electrons. The van der Waals surface area contributed by atoms with Gasteiger partial charge in [0.25, 0.3) is 5.91 Å². The average molecular weight is 557 g/mol. The van der Waals surface area contributed by atoms with Gasteiger partial charge >= 0.3 is 17.1 Å². The van der Waals surface area contributed by atoms with E-state index in [0.717, 1.165) is 10.8 Å². The van der Waals surface area contributed by atoms with Crippen molar-refractivity contribution in [2.24, 2.45) is 11.5 Å². The van der Waals surface area contributed by atoms with Gasteiger partial charge in [0, 0.05) is 26.2 Å². The Labute approximate surface area is 223 Å². The third kappa shape index (κ3) is 12.4. The van der Waals surface area contributed by atoms with Crippen molar-refractivity contribution in [3.8, 4) is 5.75 Å². The van der Waals surface area contributed by atoms with Gasteiger partial charge in [-0.3, -0.25) is 4.79 Å². The van der Waals surface area contributed by atoms with Crippen molar-refractivity contribution in [2.45, 2.75) is 0 Å². The summed E-state index contributed by atoms with van der Waals surface area (Å²) in [5.74, 6) is -0.288. The van der Waals surface area contributed by atoms with Crippen LogP contribution < -0.4 is 11.5 Å². The first-order valence-electron chi connectivity index (χ1n) is 12.0. The molecule has 206 valence electrons. The molecule has 0 unspecified atom stereocenters. The van der Waals surface area contributed by atoms with Crippen LogP contribution in [0, 0.1) is 0 Å². The number of phenolic OH excluding ortho intramolecular Hbond substituents is 1. The molecule has 1 aliphatic heterocycles. The summed E-state index contributed by atoms with van der Waals surface area (Å²) in [6.45, 7) is 6.50. The van der Waals surface area contributed by atoms with Crippen LogP contribution in [0.3, 0.4) is 0 Å². The standard InChI is InChI=1S/C23H31NO7.C2H8N2.Cu/c25-22-18-20-4-2-1-3-19(20)17-21(22)23(26)24-5-7-27-9-11-29-13-15-31-16-14-30-12-10-28-8-6-24;3-1-2-4;/h1-4,17-18,25H,5-16H2;1-4H2;/q;;+1. The second kappa shape index (κ2) is 20.3. The molecule has 2 aromatic carbocycles. The van der Waals surface area contributed by atoms with E-state index in [1.807, 2.05) is 24.3 Å². The molecule has 5 N–H and O–H groups in total. The predicted octanol–water partition coefficient (Wildman–Crippen LogP) is 0.986. The smallest absolute Gasteiger partial charge is 0.507 e. The number of nitrogens with two attached hydrogens (primary N) is 2. The summed E-state index contributed by atoms with van der Waals surface area (Å²) in [4.78, 5) is 14.8. The molecule has 1 heterocycles. The van der Waals surface area contributed by atoms with E-state index in [4.69, 9.17) is 35.2 Å². The molecule has 36 heavy (non-hydrogen) atoms. The van der Waals surface area contributed by atoms with Crippen LogP contribution in [0.25, 0.3) is 10.8 Å². The molecule has 3 rings (SSSR count). The van der Waals surface area contributed by atoms with Crippen molar-refractivity contribution in [1.29, 1.82) is 0 Å². The molecule has 0 spiro atoms. The fraction of sp³-hybridized carbons (Fsp3) is 0.560. The summed E-state index contributed by atoms with van der Waals surface area (Å²) in [7, 11) is 0. The maximum absolute atomic E-state index is 13.2. The average Bonchev–Trinajstić information content (AvgIpc) is 2.88. The Morgan fingerprint density at radius 3 is 1.53 bits per heavy atom. The van der Waals surface area contributed by atoms with Gasteiger partial charge in [-0.05, 0) is 22.9 Å². The van der Waals surface area contributed by atoms with Gasteiger partial charge < -0.3 is 45.2 Å². The van der Waals surface area contributed by atoms with E-state index >= 15 is 0 Å². The molecule has 0 aliphatic carbocycles. The van der Waals surface area contributed by atoms with Crippen molar-refractivity contribution in [3.63, 3.8) is 0 Å². The van der Waals surface area contributed by atoms with Crippen LogP contribution in [0.5, 0.6) is 5.75 Å². The molecule has 11 heteroatoms. The summed E-state index contributed by atoms with van der Waals surface area (Å²) in [5, 5.41) is 12.2. The van der Waals surface area contributed by atoms with E-state index in [1.165, 1.54) is 0 Å². The molecular formula is C25H39CuN3O7+. The molecule has 1 aliphatic rings. The number of benzene rings is 2. The van der Waals surface area contributed by atoms with E-state index < -0.39 is 0 Å². The minimum Gasteiger partial charge on any atom is -0.507 e. The van der Waals surface area contributed by atoms with Gasteiger partial charge in [0.15, 0.2) is 0 Å². The Morgan fingerprint density at radius 1 is 0.722 bits per heavy atom. The van der Waals surface area contributed by atoms with E-state index in [1.54, 1.807) is 17.0 Å². The van der Waals surface area contributed by atoms with Gasteiger partial charge in [0.1, 0.15) is 5.75 Å². The first-order chi connectivity index (χ1) is 17.2. The number of amides is 1. The largest absolute Gasteiger partial charge is 1.00 e. The zero-order valence-corrected chi connectivity index (χ0v) is 21.6. The fourth-order valence-electron chi connectivity index (χ4n) is 3.22. The van der Waals surface area contributed by atoms with Gasteiger partial charge in [0.05, 0.1) is 71.6 Å². The topological polar surface area (TPSA) is 139 Å². The SMILES string of the molecule is NCCN.O=C(c1cc2ccccc2cc1O)N1CCOCCOCCOCCOCCOCC1.[Cu+]. The summed E-state index contributed by atoms with van der Waals surface area (Å²) in [6, 6.07) is 11.0. The van der Waals surface area contributed by atoms with Crippen LogP contribution in [0.15, 0.2) is 36.4 Å². The number of hydrogen-bond acceptors (Lipinski definition) is 9. The molecule has 1 saturated heterocycles. The summed E-state index contributed by atoms with van der Waals surface area (Å²) >= 11 is 0. The molecule has 2 aromatic rings. The molecule has 1 fully saturated rings. The van der Waals surface area contributed by atoms with Gasteiger partial charge in [-0.15, -0.1) is 0 Å². The van der Waals surface area contributed by atoms with Crippen molar-refractivity contribution >= 4 is 16.7 Å². The molecular weight excluding hydrogens is 518 g/mol. The van der Waals surface area contributed by atoms with E-state index in [2.05, 4.69) is 0 Å². The zero-order valence-electron chi connectivity index (χ0n) is 20.7. The Kier molecular flexibility index (Phi) is 18.2. The molecule has 0 saturated carbocycles. The number of rotatable bonds is 2. The van der Waals surface area contributed by atoms with Crippen LogP contribution in [-0.2, 0) is 40.8 Å². The van der Waals surface area contributed by atoms with E-state index in [9.17, 15) is 9.90 Å². The summed E-state index contributed by atoms with van der Waals surface area (Å²) in [6.07, 6.45) is 0. The Hall–Kier alpha value is -1.79. The van der Waals surface area contributed by atoms with Gasteiger partial charge in [-0.25, -0.2) is 0 Å². The van der Waals surface area contributed by atoms with Crippen LogP contribution in [-0.4, -0.2) is 108 Å². The third-order valence-corrected chi connectivity index (χ3v) is 5.05. The molecule has 0 bridgehead atoms. The number of fused-ring (bicyclic) bond motifs is 1. The first-order valence-corrected chi connectivity index (χ1v) is 12.0. The molecule has 0 atom stereocenters. The van der Waals surface area contributed by atoms with Crippen LogP contribution in [0.4, 0.5) is 0 Å². The summed E-state index contributed by atoms with van der Waals surface area (Å²) in [5.41, 5.74) is 10.1. The number of carbonyl (C=O) groups is 1.